The Kier molecular flexibility index (Phi) is 14.4. The van der Waals surface area contributed by atoms with Crippen LogP contribution >= 0.6 is 11.3 Å². The summed E-state index contributed by atoms with van der Waals surface area (Å²) in [7, 11) is -8.03. The van der Waals surface area contributed by atoms with E-state index in [1.165, 1.54) is 25.1 Å². The second kappa shape index (κ2) is 18.7. The van der Waals surface area contributed by atoms with Crippen molar-refractivity contribution in [2.24, 2.45) is 0 Å². The zero-order valence-corrected chi connectivity index (χ0v) is 36.6. The van der Waals surface area contributed by atoms with Gasteiger partial charge in [0.25, 0.3) is 11.8 Å². The molecule has 0 aliphatic carbocycles. The molecule has 2 aliphatic rings. The predicted octanol–water partition coefficient (Wildman–Crippen LogP) is 4.13. The number of hydrogen-bond donors (Lipinski definition) is 4. The van der Waals surface area contributed by atoms with E-state index in [9.17, 15) is 40.8 Å². The Bertz CT molecular complexity index is 2400. The molecule has 4 N–H and O–H groups in total. The normalized spacial score (nSPS) is 18.2. The number of aromatic amines is 1. The molecule has 0 bridgehead atoms. The van der Waals surface area contributed by atoms with Gasteiger partial charge in [0, 0.05) is 41.8 Å². The first-order valence-corrected chi connectivity index (χ1v) is 23.5. The van der Waals surface area contributed by atoms with Crippen molar-refractivity contribution in [3.8, 4) is 5.75 Å². The number of ketones is 1. The van der Waals surface area contributed by atoms with Crippen LogP contribution < -0.4 is 20.7 Å². The number of carbonyl (C=O) groups excluding carboxylic acids is 5. The number of benzene rings is 1. The Morgan fingerprint density at radius 3 is 2.44 bits per heavy atom. The molecule has 19 heteroatoms. The van der Waals surface area contributed by atoms with Crippen LogP contribution in [0, 0.1) is 13.8 Å². The van der Waals surface area contributed by atoms with E-state index in [-0.39, 0.29) is 38.1 Å². The van der Waals surface area contributed by atoms with E-state index in [2.05, 4.69) is 39.7 Å². The van der Waals surface area contributed by atoms with Crippen molar-refractivity contribution in [1.82, 2.24) is 20.5 Å². The Morgan fingerprint density at radius 2 is 1.76 bits per heavy atom. The van der Waals surface area contributed by atoms with Crippen LogP contribution in [-0.2, 0) is 43.6 Å². The van der Waals surface area contributed by atoms with Gasteiger partial charge < -0.3 is 35.3 Å². The van der Waals surface area contributed by atoms with E-state index in [0.29, 0.717) is 63.8 Å². The van der Waals surface area contributed by atoms with E-state index >= 15 is 0 Å². The zero-order chi connectivity index (χ0) is 43.4. The largest absolute Gasteiger partial charge is 0.455 e. The maximum Gasteiger partial charge on any atom is 0.311 e. The highest BCUT2D eigenvalue weighted by Gasteiger charge is 2.40. The summed E-state index contributed by atoms with van der Waals surface area (Å²) >= 11 is 0.609. The fourth-order valence-corrected chi connectivity index (χ4v) is 12.4. The summed E-state index contributed by atoms with van der Waals surface area (Å²) in [6.07, 6.45) is -0.474. The number of ether oxygens (including phenoxy) is 2. The number of anilines is 1. The van der Waals surface area contributed by atoms with Crippen LogP contribution in [0.1, 0.15) is 98.4 Å². The smallest absolute Gasteiger partial charge is 0.311 e. The number of nitrogens with one attached hydrogen (secondary N) is 4. The van der Waals surface area contributed by atoms with Gasteiger partial charge >= 0.3 is 11.9 Å². The molecule has 4 heterocycles. The lowest BCUT2D eigenvalue weighted by Crippen LogP contribution is -2.35. The second-order valence-corrected chi connectivity index (χ2v) is 20.3. The zero-order valence-electron chi connectivity index (χ0n) is 34.1. The fraction of sp³-hybridized carbons (Fsp3) is 0.475. The van der Waals surface area contributed by atoms with Crippen molar-refractivity contribution in [3.63, 3.8) is 0 Å². The second-order valence-electron chi connectivity index (χ2n) is 14.5. The number of carbonyl (C=O) groups is 5. The maximum absolute atomic E-state index is 13.2. The van der Waals surface area contributed by atoms with Crippen LogP contribution in [0.3, 0.4) is 0 Å². The third-order valence-corrected chi connectivity index (χ3v) is 16.5. The molecule has 0 saturated carbocycles. The van der Waals surface area contributed by atoms with Crippen molar-refractivity contribution in [2.45, 2.75) is 93.5 Å². The molecule has 320 valence electrons. The quantitative estimate of drug-likeness (QED) is 0.0802. The lowest BCUT2D eigenvalue weighted by atomic mass is 10.0. The molecule has 0 spiro atoms. The highest BCUT2D eigenvalue weighted by molar-refractivity contribution is 7.96. The van der Waals surface area contributed by atoms with E-state index < -0.39 is 73.3 Å². The highest BCUT2D eigenvalue weighted by atomic mass is 32.3. The van der Waals surface area contributed by atoms with Crippen molar-refractivity contribution in [1.29, 1.82) is 0 Å². The number of likely N-dealkylation sites (N-methyl/N-ethyl adjacent to an activating group) is 1. The number of aryl methyl sites for hydroxylation is 1. The Morgan fingerprint density at radius 1 is 1.07 bits per heavy atom. The summed E-state index contributed by atoms with van der Waals surface area (Å²) in [5, 5.41) is 8.21. The Hall–Kier alpha value is -4.69. The summed E-state index contributed by atoms with van der Waals surface area (Å²) in [5.41, 5.74) is 3.92. The molecular weight excluding hydrogens is 823 g/mol. The van der Waals surface area contributed by atoms with Gasteiger partial charge in [-0.15, -0.1) is 11.3 Å². The summed E-state index contributed by atoms with van der Waals surface area (Å²) < 4.78 is 62.7. The number of rotatable bonds is 18. The molecule has 2 aromatic heterocycles. The first-order chi connectivity index (χ1) is 27.8. The summed E-state index contributed by atoms with van der Waals surface area (Å²) in [6.45, 7) is 15.8. The number of Topliss-reactive ketones (excluding diaryl/α,β-unsaturated/α-hetero) is 1. The average Bonchev–Trinajstić information content (AvgIpc) is 3.85. The van der Waals surface area contributed by atoms with Gasteiger partial charge in [-0.25, -0.2) is 16.8 Å². The molecule has 0 fully saturated rings. The minimum absolute atomic E-state index is 0.0406. The lowest BCUT2D eigenvalue weighted by Gasteiger charge is -2.27. The van der Waals surface area contributed by atoms with Crippen LogP contribution in [0.25, 0.3) is 11.6 Å². The monoisotopic (exact) mass is 873 g/mol. The van der Waals surface area contributed by atoms with Gasteiger partial charge in [0.1, 0.15) is 19.9 Å². The molecule has 16 nitrogen and oxygen atoms in total. The van der Waals surface area contributed by atoms with Crippen molar-refractivity contribution in [3.05, 3.63) is 57.9 Å². The summed E-state index contributed by atoms with van der Waals surface area (Å²) in [4.78, 5) is 69.8. The van der Waals surface area contributed by atoms with Gasteiger partial charge in [-0.1, -0.05) is 20.8 Å². The van der Waals surface area contributed by atoms with Crippen molar-refractivity contribution < 1.29 is 50.3 Å². The number of H-pyrrole nitrogens is 1. The number of sulfone groups is 2. The topological polar surface area (TPSA) is 227 Å². The molecule has 5 rings (SSSR count). The molecule has 3 aromatic rings. The SMILES string of the molecule is CCN[C@H]1C[C@H](C)S(=O)(=O)c2sc(S(=O)(=O)CC(=O)C(C)OC(=O)CCC(=O)Oc3ccc4c(c3)/C(=C/c3[nH]c(C)c(C(=O)NCCN(CC)CC)c3C)C(=O)N4)cc21. The van der Waals surface area contributed by atoms with Gasteiger partial charge in [-0.3, -0.25) is 24.0 Å². The van der Waals surface area contributed by atoms with Gasteiger partial charge in [0.15, 0.2) is 31.6 Å². The Labute approximate surface area is 348 Å². The third kappa shape index (κ3) is 10.2. The van der Waals surface area contributed by atoms with Crippen LogP contribution in [0.15, 0.2) is 32.7 Å². The van der Waals surface area contributed by atoms with Gasteiger partial charge in [-0.2, -0.15) is 0 Å². The lowest BCUT2D eigenvalue weighted by molar-refractivity contribution is -0.154. The molecule has 0 saturated heterocycles. The van der Waals surface area contributed by atoms with E-state index in [0.717, 1.165) is 19.6 Å². The summed E-state index contributed by atoms with van der Waals surface area (Å²) in [6, 6.07) is 5.49. The third-order valence-electron chi connectivity index (χ3n) is 10.4. The van der Waals surface area contributed by atoms with Crippen molar-refractivity contribution >= 4 is 77.9 Å². The first kappa shape index (κ1) is 45.4. The van der Waals surface area contributed by atoms with Gasteiger partial charge in [0.2, 0.25) is 0 Å². The molecule has 2 aliphatic heterocycles. The van der Waals surface area contributed by atoms with Crippen LogP contribution in [0.2, 0.25) is 0 Å². The standard InChI is InChI=1S/C40H51N5O11S3/c1-8-41-32-17-22(4)59(53,54)40-29(32)20-36(57-40)58(51,52)21-33(46)25(7)55-34(47)13-14-35(48)56-26-11-12-30-27(18-26)28(38(49)44-30)19-31-23(5)37(24(6)43-31)39(50)42-15-16-45(9-2)10-3/h11-12,18-20,22,25,32,41,43H,8-10,13-17,21H2,1-7H3,(H,42,50)(H,44,49)/b28-19-/t22-,25?,32-/m0/s1. The predicted molar refractivity (Wildman–Crippen MR) is 223 cm³/mol. The number of aromatic nitrogens is 1. The number of esters is 2. The molecule has 3 atom stereocenters. The van der Waals surface area contributed by atoms with Gasteiger partial charge in [-0.05, 0) is 95.2 Å². The Balaban J connectivity index is 1.17. The highest BCUT2D eigenvalue weighted by Crippen LogP contribution is 2.43. The first-order valence-electron chi connectivity index (χ1n) is 19.4. The van der Waals surface area contributed by atoms with Gasteiger partial charge in [0.05, 0.1) is 29.2 Å². The number of thiophene rings is 1. The fourth-order valence-electron chi connectivity index (χ4n) is 7.01. The van der Waals surface area contributed by atoms with E-state index in [1.54, 1.807) is 32.9 Å². The van der Waals surface area contributed by atoms with E-state index in [4.69, 9.17) is 9.47 Å². The summed E-state index contributed by atoms with van der Waals surface area (Å²) in [5.74, 6) is -4.21. The molecule has 1 unspecified atom stereocenters. The molecule has 0 radical (unpaired) electrons. The molecular formula is C40H51N5O11S3. The minimum Gasteiger partial charge on any atom is -0.455 e. The maximum atomic E-state index is 13.2. The minimum atomic E-state index is -4.28. The van der Waals surface area contributed by atoms with Crippen molar-refractivity contribution in [2.75, 3.05) is 43.8 Å². The van der Waals surface area contributed by atoms with E-state index in [1.807, 2.05) is 6.92 Å². The molecule has 59 heavy (non-hydrogen) atoms. The molecule has 2 amide bonds. The number of amides is 2. The van der Waals surface area contributed by atoms with Crippen LogP contribution in [0.5, 0.6) is 5.75 Å². The van der Waals surface area contributed by atoms with Crippen LogP contribution in [-0.4, -0.2) is 106 Å². The van der Waals surface area contributed by atoms with Crippen LogP contribution in [0.4, 0.5) is 5.69 Å². The number of fused-ring (bicyclic) bond motifs is 2. The molecule has 1 aromatic carbocycles. The average molecular weight is 874 g/mol. The number of hydrogen-bond acceptors (Lipinski definition) is 14. The number of nitrogens with zero attached hydrogens (tertiary/aromatic N) is 1.